The number of rotatable bonds is 3. The molecule has 0 amide bonds. The molecule has 0 aliphatic heterocycles. The van der Waals surface area contributed by atoms with Crippen LogP contribution in [0.5, 0.6) is 5.75 Å². The third kappa shape index (κ3) is 3.00. The summed E-state index contributed by atoms with van der Waals surface area (Å²) in [5.41, 5.74) is 6.05. The summed E-state index contributed by atoms with van der Waals surface area (Å²) in [6.45, 7) is 1.70. The minimum Gasteiger partial charge on any atom is -0.482 e. The monoisotopic (exact) mass is 378 g/mol. The Labute approximate surface area is 134 Å². The lowest BCUT2D eigenvalue weighted by molar-refractivity contribution is 0.227. The summed E-state index contributed by atoms with van der Waals surface area (Å²) in [5.74, 6) is 0.0436. The largest absolute Gasteiger partial charge is 0.482 e. The van der Waals surface area contributed by atoms with Crippen LogP contribution in [0.2, 0.25) is 10.0 Å². The quantitative estimate of drug-likeness (QED) is 0.762. The van der Waals surface area contributed by atoms with E-state index < -0.39 is 11.9 Å². The fraction of sp³-hybridized carbons (Fsp3) is 0.154. The molecule has 7 heteroatoms. The van der Waals surface area contributed by atoms with Crippen LogP contribution in [0.4, 0.5) is 10.2 Å². The van der Waals surface area contributed by atoms with Gasteiger partial charge in [-0.1, -0.05) is 23.2 Å². The topological polar surface area (TPSA) is 48.1 Å². The Morgan fingerprint density at radius 1 is 1.40 bits per heavy atom. The van der Waals surface area contributed by atoms with Gasteiger partial charge in [-0.25, -0.2) is 9.37 Å². The number of aromatic nitrogens is 1. The Balaban J connectivity index is 2.40. The third-order valence-electron chi connectivity index (χ3n) is 2.66. The molecule has 0 fully saturated rings. The van der Waals surface area contributed by atoms with Crippen molar-refractivity contribution in [2.45, 2.75) is 13.0 Å². The molecule has 20 heavy (non-hydrogen) atoms. The van der Waals surface area contributed by atoms with E-state index in [0.717, 1.165) is 0 Å². The van der Waals surface area contributed by atoms with Gasteiger partial charge in [0.25, 0.3) is 0 Å². The van der Waals surface area contributed by atoms with E-state index in [1.54, 1.807) is 25.3 Å². The third-order valence-corrected chi connectivity index (χ3v) is 4.30. The molecule has 1 aromatic carbocycles. The fourth-order valence-corrected chi connectivity index (χ4v) is 2.77. The maximum absolute atomic E-state index is 13.7. The maximum Gasteiger partial charge on any atom is 0.166 e. The summed E-state index contributed by atoms with van der Waals surface area (Å²) < 4.78 is 19.8. The van der Waals surface area contributed by atoms with Gasteiger partial charge in [0.15, 0.2) is 11.6 Å². The second-order valence-electron chi connectivity index (χ2n) is 4.03. The SMILES string of the molecule is C[C@@H](Oc1cccnc1N)c1c(Cl)c(F)cc(Br)c1Cl. The number of benzene rings is 1. The fourth-order valence-electron chi connectivity index (χ4n) is 1.70. The molecule has 0 saturated carbocycles. The molecule has 1 atom stereocenters. The highest BCUT2D eigenvalue weighted by Gasteiger charge is 2.21. The molecule has 0 aliphatic carbocycles. The van der Waals surface area contributed by atoms with Crippen LogP contribution in [0.1, 0.15) is 18.6 Å². The zero-order valence-electron chi connectivity index (χ0n) is 10.3. The van der Waals surface area contributed by atoms with E-state index in [1.807, 2.05) is 0 Å². The Kier molecular flexibility index (Phi) is 4.73. The number of hydrogen-bond donors (Lipinski definition) is 1. The van der Waals surface area contributed by atoms with Crippen LogP contribution in [0.25, 0.3) is 0 Å². The molecular weight excluding hydrogens is 370 g/mol. The maximum atomic E-state index is 13.7. The second-order valence-corrected chi connectivity index (χ2v) is 5.64. The predicted molar refractivity (Wildman–Crippen MR) is 81.8 cm³/mol. The normalized spacial score (nSPS) is 12.2. The molecule has 2 N–H and O–H groups in total. The van der Waals surface area contributed by atoms with E-state index in [1.165, 1.54) is 6.07 Å². The summed E-state index contributed by atoms with van der Waals surface area (Å²) in [7, 11) is 0. The number of pyridine rings is 1. The molecular formula is C13H10BrCl2FN2O. The van der Waals surface area contributed by atoms with Crippen LogP contribution in [0.3, 0.4) is 0 Å². The van der Waals surface area contributed by atoms with Crippen molar-refractivity contribution in [2.24, 2.45) is 0 Å². The summed E-state index contributed by atoms with van der Waals surface area (Å²) in [6, 6.07) is 4.55. The average Bonchev–Trinajstić information content (AvgIpc) is 2.39. The highest BCUT2D eigenvalue weighted by atomic mass is 79.9. The van der Waals surface area contributed by atoms with E-state index >= 15 is 0 Å². The number of nitrogens with zero attached hydrogens (tertiary/aromatic N) is 1. The van der Waals surface area contributed by atoms with Gasteiger partial charge in [-0.3, -0.25) is 0 Å². The van der Waals surface area contributed by atoms with E-state index in [4.69, 9.17) is 33.7 Å². The van der Waals surface area contributed by atoms with Gasteiger partial charge < -0.3 is 10.5 Å². The lowest BCUT2D eigenvalue weighted by Gasteiger charge is -2.19. The number of nitrogen functional groups attached to an aromatic ring is 1. The molecule has 1 heterocycles. The van der Waals surface area contributed by atoms with Gasteiger partial charge in [-0.05, 0) is 41.1 Å². The number of halogens is 4. The van der Waals surface area contributed by atoms with E-state index in [-0.39, 0.29) is 10.8 Å². The summed E-state index contributed by atoms with van der Waals surface area (Å²) in [5, 5.41) is 0.222. The van der Waals surface area contributed by atoms with Crippen molar-refractivity contribution in [1.82, 2.24) is 4.98 Å². The van der Waals surface area contributed by atoms with Gasteiger partial charge in [0.1, 0.15) is 11.9 Å². The molecule has 0 spiro atoms. The first-order valence-corrected chi connectivity index (χ1v) is 7.16. The zero-order chi connectivity index (χ0) is 14.9. The van der Waals surface area contributed by atoms with E-state index in [9.17, 15) is 4.39 Å². The minimum absolute atomic E-state index is 0.0758. The van der Waals surface area contributed by atoms with Crippen molar-refractivity contribution in [3.05, 3.63) is 50.3 Å². The van der Waals surface area contributed by atoms with E-state index in [2.05, 4.69) is 20.9 Å². The van der Waals surface area contributed by atoms with Gasteiger partial charge in [-0.15, -0.1) is 0 Å². The number of ether oxygens (including phenoxy) is 1. The highest BCUT2D eigenvalue weighted by Crippen LogP contribution is 2.39. The van der Waals surface area contributed by atoms with Crippen LogP contribution in [-0.4, -0.2) is 4.98 Å². The molecule has 1 aromatic heterocycles. The van der Waals surface area contributed by atoms with Gasteiger partial charge in [0.2, 0.25) is 0 Å². The average molecular weight is 380 g/mol. The van der Waals surface area contributed by atoms with Crippen molar-refractivity contribution < 1.29 is 9.13 Å². The van der Waals surface area contributed by atoms with Crippen molar-refractivity contribution in [1.29, 1.82) is 0 Å². The van der Waals surface area contributed by atoms with Gasteiger partial charge in [0.05, 0.1) is 10.0 Å². The van der Waals surface area contributed by atoms with Crippen LogP contribution < -0.4 is 10.5 Å². The second kappa shape index (κ2) is 6.16. The molecule has 0 bridgehead atoms. The van der Waals surface area contributed by atoms with E-state index in [0.29, 0.717) is 20.8 Å². The van der Waals surface area contributed by atoms with Crippen LogP contribution in [0.15, 0.2) is 28.9 Å². The summed E-state index contributed by atoms with van der Waals surface area (Å²) >= 11 is 15.3. The van der Waals surface area contributed by atoms with Crippen LogP contribution >= 0.6 is 39.1 Å². The number of anilines is 1. The first kappa shape index (κ1) is 15.4. The first-order chi connectivity index (χ1) is 9.41. The Hall–Kier alpha value is -1.04. The zero-order valence-corrected chi connectivity index (χ0v) is 13.4. The molecule has 0 saturated heterocycles. The van der Waals surface area contributed by atoms with Crippen LogP contribution in [0, 0.1) is 5.82 Å². The lowest BCUT2D eigenvalue weighted by atomic mass is 10.1. The Morgan fingerprint density at radius 3 is 2.75 bits per heavy atom. The standard InChI is InChI=1S/C13H10BrCl2FN2O/c1-6(20-9-3-2-4-19-13(9)18)10-11(15)7(14)5-8(17)12(10)16/h2-6H,1H3,(H2,18,19)/t6-/m1/s1. The van der Waals surface area contributed by atoms with Gasteiger partial charge in [0, 0.05) is 16.2 Å². The van der Waals surface area contributed by atoms with Gasteiger partial charge >= 0.3 is 0 Å². The molecule has 0 unspecified atom stereocenters. The molecule has 3 nitrogen and oxygen atoms in total. The van der Waals surface area contributed by atoms with Crippen molar-refractivity contribution in [3.63, 3.8) is 0 Å². The van der Waals surface area contributed by atoms with Crippen molar-refractivity contribution in [2.75, 3.05) is 5.73 Å². The van der Waals surface area contributed by atoms with Crippen molar-refractivity contribution in [3.8, 4) is 5.75 Å². The lowest BCUT2D eigenvalue weighted by Crippen LogP contribution is -2.08. The smallest absolute Gasteiger partial charge is 0.166 e. The van der Waals surface area contributed by atoms with Crippen molar-refractivity contribution >= 4 is 44.9 Å². The summed E-state index contributed by atoms with van der Waals surface area (Å²) in [6.07, 6.45) is 0.958. The Bertz CT molecular complexity index is 628. The minimum atomic E-state index is -0.589. The molecule has 0 radical (unpaired) electrons. The molecule has 2 aromatic rings. The summed E-state index contributed by atoms with van der Waals surface area (Å²) in [4.78, 5) is 3.91. The number of nitrogens with two attached hydrogens (primary N) is 1. The number of hydrogen-bond acceptors (Lipinski definition) is 3. The highest BCUT2D eigenvalue weighted by molar-refractivity contribution is 9.10. The molecule has 0 aliphatic rings. The van der Waals surface area contributed by atoms with Gasteiger partial charge in [-0.2, -0.15) is 0 Å². The first-order valence-electron chi connectivity index (χ1n) is 5.61. The van der Waals surface area contributed by atoms with Crippen LogP contribution in [-0.2, 0) is 0 Å². The Morgan fingerprint density at radius 2 is 2.10 bits per heavy atom. The molecule has 106 valence electrons. The molecule has 2 rings (SSSR count). The predicted octanol–water partition coefficient (Wildman–Crippen LogP) is 5.01.